The molecule has 1 aromatic carbocycles. The van der Waals surface area contributed by atoms with E-state index in [1.54, 1.807) is 30.3 Å². The Kier molecular flexibility index (Phi) is 3.05. The highest BCUT2D eigenvalue weighted by Gasteiger charge is 2.39. The van der Waals surface area contributed by atoms with Gasteiger partial charge in [0, 0.05) is 24.8 Å². The molecule has 20 heavy (non-hydrogen) atoms. The molecule has 106 valence electrons. The van der Waals surface area contributed by atoms with Gasteiger partial charge in [-0.05, 0) is 12.6 Å². The van der Waals surface area contributed by atoms with Gasteiger partial charge < -0.3 is 4.90 Å². The molecule has 0 unspecified atom stereocenters. The van der Waals surface area contributed by atoms with Crippen LogP contribution in [0.1, 0.15) is 11.7 Å². The highest BCUT2D eigenvalue weighted by atomic mass is 19.4. The number of halogens is 3. The summed E-state index contributed by atoms with van der Waals surface area (Å²) in [5.74, 6) is 0. The summed E-state index contributed by atoms with van der Waals surface area (Å²) in [7, 11) is 1.93. The van der Waals surface area contributed by atoms with Gasteiger partial charge in [0.2, 0.25) is 0 Å². The summed E-state index contributed by atoms with van der Waals surface area (Å²) in [4.78, 5) is 2.04. The van der Waals surface area contributed by atoms with Gasteiger partial charge in [0.1, 0.15) is 0 Å². The van der Waals surface area contributed by atoms with E-state index in [0.717, 1.165) is 13.1 Å². The van der Waals surface area contributed by atoms with Crippen LogP contribution >= 0.6 is 0 Å². The van der Waals surface area contributed by atoms with Gasteiger partial charge in [-0.2, -0.15) is 18.3 Å². The molecular formula is C14H14F3N3. The van der Waals surface area contributed by atoms with Gasteiger partial charge in [-0.25, -0.2) is 0 Å². The average Bonchev–Trinajstić information content (AvgIpc) is 2.80. The maximum Gasteiger partial charge on any atom is 0.435 e. The van der Waals surface area contributed by atoms with Gasteiger partial charge in [-0.15, -0.1) is 0 Å². The summed E-state index contributed by atoms with van der Waals surface area (Å²) in [6.07, 6.45) is -2.93. The lowest BCUT2D eigenvalue weighted by Crippen LogP contribution is -2.45. The number of alkyl halides is 3. The van der Waals surface area contributed by atoms with Crippen LogP contribution in [-0.2, 0) is 6.18 Å². The third-order valence-corrected chi connectivity index (χ3v) is 3.50. The molecular weight excluding hydrogens is 267 g/mol. The second kappa shape index (κ2) is 4.63. The van der Waals surface area contributed by atoms with E-state index in [0.29, 0.717) is 5.56 Å². The Bertz CT molecular complexity index is 598. The second-order valence-electron chi connectivity index (χ2n) is 5.11. The molecule has 2 aromatic rings. The van der Waals surface area contributed by atoms with Crippen molar-refractivity contribution in [1.29, 1.82) is 0 Å². The van der Waals surface area contributed by atoms with Gasteiger partial charge >= 0.3 is 6.18 Å². The average molecular weight is 281 g/mol. The first-order valence-electron chi connectivity index (χ1n) is 6.35. The molecule has 0 N–H and O–H groups in total. The number of likely N-dealkylation sites (tertiary alicyclic amines) is 1. The number of hydrogen-bond donors (Lipinski definition) is 0. The molecule has 6 heteroatoms. The van der Waals surface area contributed by atoms with Gasteiger partial charge in [0.15, 0.2) is 5.69 Å². The fourth-order valence-electron chi connectivity index (χ4n) is 2.45. The van der Waals surface area contributed by atoms with Crippen molar-refractivity contribution in [3.63, 3.8) is 0 Å². The molecule has 1 aliphatic heterocycles. The summed E-state index contributed by atoms with van der Waals surface area (Å²) >= 11 is 0. The highest BCUT2D eigenvalue weighted by Crippen LogP contribution is 2.37. The van der Waals surface area contributed by atoms with E-state index in [9.17, 15) is 13.2 Å². The molecule has 2 heterocycles. The third-order valence-electron chi connectivity index (χ3n) is 3.50. The highest BCUT2D eigenvalue weighted by molar-refractivity contribution is 5.65. The van der Waals surface area contributed by atoms with Crippen molar-refractivity contribution >= 4 is 0 Å². The maximum absolute atomic E-state index is 13.1. The van der Waals surface area contributed by atoms with Gasteiger partial charge in [0.25, 0.3) is 0 Å². The zero-order chi connectivity index (χ0) is 14.3. The van der Waals surface area contributed by atoms with Crippen molar-refractivity contribution in [2.75, 3.05) is 20.1 Å². The largest absolute Gasteiger partial charge is 0.435 e. The molecule has 0 saturated carbocycles. The van der Waals surface area contributed by atoms with Crippen LogP contribution in [0.3, 0.4) is 0 Å². The minimum Gasteiger partial charge on any atom is -0.302 e. The van der Waals surface area contributed by atoms with E-state index in [4.69, 9.17) is 0 Å². The molecule has 0 bridgehead atoms. The minimum atomic E-state index is -4.44. The van der Waals surface area contributed by atoms with E-state index in [1.807, 2.05) is 11.9 Å². The normalized spacial score (nSPS) is 17.2. The molecule has 0 spiro atoms. The van der Waals surface area contributed by atoms with E-state index in [1.165, 1.54) is 10.9 Å². The van der Waals surface area contributed by atoms with Crippen LogP contribution in [0.4, 0.5) is 13.2 Å². The van der Waals surface area contributed by atoms with E-state index in [2.05, 4.69) is 5.10 Å². The fraction of sp³-hybridized carbons (Fsp3) is 0.357. The van der Waals surface area contributed by atoms with Crippen LogP contribution in [0.2, 0.25) is 0 Å². The first-order valence-corrected chi connectivity index (χ1v) is 6.35. The predicted molar refractivity (Wildman–Crippen MR) is 69.2 cm³/mol. The van der Waals surface area contributed by atoms with E-state index in [-0.39, 0.29) is 11.6 Å². The minimum absolute atomic E-state index is 0.0264. The Morgan fingerprint density at radius 1 is 1.15 bits per heavy atom. The Hall–Kier alpha value is -1.82. The van der Waals surface area contributed by atoms with Crippen molar-refractivity contribution in [3.05, 3.63) is 42.2 Å². The number of rotatable bonds is 2. The molecule has 3 nitrogen and oxygen atoms in total. The molecule has 0 radical (unpaired) electrons. The van der Waals surface area contributed by atoms with Crippen LogP contribution in [0.25, 0.3) is 11.1 Å². The molecule has 0 atom stereocenters. The number of hydrogen-bond acceptors (Lipinski definition) is 2. The first kappa shape index (κ1) is 13.2. The quantitative estimate of drug-likeness (QED) is 0.843. The number of likely N-dealkylation sites (N-methyl/N-ethyl adjacent to an activating group) is 1. The Balaban J connectivity index is 2.03. The van der Waals surface area contributed by atoms with Crippen LogP contribution in [-0.4, -0.2) is 34.8 Å². The number of benzene rings is 1. The molecule has 1 aromatic heterocycles. The summed E-state index contributed by atoms with van der Waals surface area (Å²) < 4.78 is 40.8. The Labute approximate surface area is 114 Å². The van der Waals surface area contributed by atoms with Crippen molar-refractivity contribution < 1.29 is 13.2 Å². The van der Waals surface area contributed by atoms with Crippen LogP contribution < -0.4 is 0 Å². The fourth-order valence-corrected chi connectivity index (χ4v) is 2.45. The van der Waals surface area contributed by atoms with Crippen molar-refractivity contribution in [2.45, 2.75) is 12.2 Å². The molecule has 3 rings (SSSR count). The summed E-state index contributed by atoms with van der Waals surface area (Å²) in [6, 6.07) is 8.60. The zero-order valence-corrected chi connectivity index (χ0v) is 10.9. The third kappa shape index (κ3) is 2.31. The summed E-state index contributed by atoms with van der Waals surface area (Å²) in [5, 5.41) is 3.78. The summed E-state index contributed by atoms with van der Waals surface area (Å²) in [5.41, 5.74) is -0.121. The van der Waals surface area contributed by atoms with Gasteiger partial charge in [-0.1, -0.05) is 30.3 Å². The standard InChI is InChI=1S/C14H14F3N3/c1-19-7-11(8-19)20-9-12(10-5-3-2-4-6-10)13(18-20)14(15,16)17/h2-6,9,11H,7-8H2,1H3. The molecule has 1 fully saturated rings. The SMILES string of the molecule is CN1CC(n2cc(-c3ccccc3)c(C(F)(F)F)n2)C1. The smallest absolute Gasteiger partial charge is 0.302 e. The van der Waals surface area contributed by atoms with Crippen LogP contribution in [0, 0.1) is 0 Å². The lowest BCUT2D eigenvalue weighted by molar-refractivity contribution is -0.141. The molecule has 1 aliphatic rings. The lowest BCUT2D eigenvalue weighted by atomic mass is 10.1. The van der Waals surface area contributed by atoms with E-state index >= 15 is 0 Å². The second-order valence-corrected chi connectivity index (χ2v) is 5.11. The number of aromatic nitrogens is 2. The zero-order valence-electron chi connectivity index (χ0n) is 10.9. The molecule has 1 saturated heterocycles. The molecule has 0 amide bonds. The van der Waals surface area contributed by atoms with Gasteiger partial charge in [0.05, 0.1) is 6.04 Å². The van der Waals surface area contributed by atoms with Crippen LogP contribution in [0.5, 0.6) is 0 Å². The topological polar surface area (TPSA) is 21.1 Å². The Morgan fingerprint density at radius 2 is 1.80 bits per heavy atom. The number of nitrogens with zero attached hydrogens (tertiary/aromatic N) is 3. The van der Waals surface area contributed by atoms with Crippen molar-refractivity contribution in [3.8, 4) is 11.1 Å². The van der Waals surface area contributed by atoms with Crippen LogP contribution in [0.15, 0.2) is 36.5 Å². The summed E-state index contributed by atoms with van der Waals surface area (Å²) in [6.45, 7) is 1.46. The van der Waals surface area contributed by atoms with Gasteiger partial charge in [-0.3, -0.25) is 4.68 Å². The maximum atomic E-state index is 13.1. The lowest BCUT2D eigenvalue weighted by Gasteiger charge is -2.36. The van der Waals surface area contributed by atoms with E-state index < -0.39 is 11.9 Å². The van der Waals surface area contributed by atoms with Crippen molar-refractivity contribution in [2.24, 2.45) is 0 Å². The first-order chi connectivity index (χ1) is 9.45. The Morgan fingerprint density at radius 3 is 2.35 bits per heavy atom. The predicted octanol–water partition coefficient (Wildman–Crippen LogP) is 3.06. The van der Waals surface area contributed by atoms with Crippen molar-refractivity contribution in [1.82, 2.24) is 14.7 Å². The molecule has 0 aliphatic carbocycles. The monoisotopic (exact) mass is 281 g/mol.